The maximum atomic E-state index is 12.2. The number of nitrogens with one attached hydrogen (secondary N) is 1. The Kier molecular flexibility index (Phi) is 4.34. The van der Waals surface area contributed by atoms with Crippen LogP contribution in [0.3, 0.4) is 0 Å². The molecule has 0 spiro atoms. The topological polar surface area (TPSA) is 59.5 Å². The zero-order valence-electron chi connectivity index (χ0n) is 15.1. The van der Waals surface area contributed by atoms with E-state index >= 15 is 0 Å². The average Bonchev–Trinajstić information content (AvgIpc) is 3.31. The molecule has 0 unspecified atom stereocenters. The number of carbonyl (C=O) groups is 1. The number of imidazole rings is 1. The molecule has 1 aromatic carbocycles. The molecule has 0 aliphatic heterocycles. The molecule has 3 heterocycles. The highest BCUT2D eigenvalue weighted by atomic mass is 16.3. The standard InChI is InChI=1S/C22H19N3O2/c1-15-9-10-25-14-20(23-21(25)12-15)17-6-5-16(2)19(13-17)24-22(26)8-7-18-4-3-11-27-18/h3-14H,1-2H3,(H,24,26)/b8-7+. The molecule has 4 aromatic rings. The van der Waals surface area contributed by atoms with Crippen molar-refractivity contribution in [2.24, 2.45) is 0 Å². The summed E-state index contributed by atoms with van der Waals surface area (Å²) >= 11 is 0. The first-order valence-corrected chi connectivity index (χ1v) is 8.67. The Morgan fingerprint density at radius 3 is 2.89 bits per heavy atom. The lowest BCUT2D eigenvalue weighted by Gasteiger charge is -2.08. The van der Waals surface area contributed by atoms with Crippen molar-refractivity contribution < 1.29 is 9.21 Å². The molecule has 27 heavy (non-hydrogen) atoms. The Bertz CT molecular complexity index is 1140. The first-order valence-electron chi connectivity index (χ1n) is 8.67. The van der Waals surface area contributed by atoms with Crippen LogP contribution < -0.4 is 5.32 Å². The molecule has 1 amide bonds. The van der Waals surface area contributed by atoms with Crippen LogP contribution in [0.1, 0.15) is 16.9 Å². The molecule has 0 saturated carbocycles. The number of benzene rings is 1. The molecular weight excluding hydrogens is 338 g/mol. The smallest absolute Gasteiger partial charge is 0.248 e. The predicted octanol–water partition coefficient (Wildman–Crippen LogP) is 4.86. The summed E-state index contributed by atoms with van der Waals surface area (Å²) < 4.78 is 7.19. The van der Waals surface area contributed by atoms with E-state index in [1.165, 1.54) is 11.6 Å². The molecule has 5 heteroatoms. The predicted molar refractivity (Wildman–Crippen MR) is 106 cm³/mol. The Labute approximate surface area is 157 Å². The molecule has 0 saturated heterocycles. The summed E-state index contributed by atoms with van der Waals surface area (Å²) in [5.74, 6) is 0.424. The van der Waals surface area contributed by atoms with E-state index in [9.17, 15) is 4.79 Å². The average molecular weight is 357 g/mol. The number of aryl methyl sites for hydroxylation is 2. The Morgan fingerprint density at radius 1 is 1.19 bits per heavy atom. The fourth-order valence-electron chi connectivity index (χ4n) is 2.86. The number of hydrogen-bond acceptors (Lipinski definition) is 3. The number of hydrogen-bond donors (Lipinski definition) is 1. The van der Waals surface area contributed by atoms with Gasteiger partial charge in [-0.25, -0.2) is 4.98 Å². The third-order valence-corrected chi connectivity index (χ3v) is 4.35. The summed E-state index contributed by atoms with van der Waals surface area (Å²) in [6.07, 6.45) is 8.65. The molecule has 0 aliphatic carbocycles. The lowest BCUT2D eigenvalue weighted by Crippen LogP contribution is -2.09. The van der Waals surface area contributed by atoms with Crippen LogP contribution in [0.2, 0.25) is 0 Å². The number of amides is 1. The Hall–Kier alpha value is -3.60. The van der Waals surface area contributed by atoms with Gasteiger partial charge in [0.05, 0.1) is 12.0 Å². The number of rotatable bonds is 4. The third kappa shape index (κ3) is 3.67. The number of fused-ring (bicyclic) bond motifs is 1. The molecular formula is C22H19N3O2. The van der Waals surface area contributed by atoms with E-state index in [0.29, 0.717) is 5.76 Å². The van der Waals surface area contributed by atoms with Crippen LogP contribution in [0.25, 0.3) is 23.0 Å². The summed E-state index contributed by atoms with van der Waals surface area (Å²) in [4.78, 5) is 16.9. The lowest BCUT2D eigenvalue weighted by molar-refractivity contribution is -0.111. The van der Waals surface area contributed by atoms with Gasteiger partial charge in [0.1, 0.15) is 11.4 Å². The van der Waals surface area contributed by atoms with Gasteiger partial charge in [-0.2, -0.15) is 0 Å². The minimum atomic E-state index is -0.211. The number of aromatic nitrogens is 2. The van der Waals surface area contributed by atoms with Gasteiger partial charge in [-0.05, 0) is 61.4 Å². The molecule has 3 aromatic heterocycles. The van der Waals surface area contributed by atoms with E-state index in [0.717, 1.165) is 28.2 Å². The third-order valence-electron chi connectivity index (χ3n) is 4.35. The fourth-order valence-corrected chi connectivity index (χ4v) is 2.86. The second kappa shape index (κ2) is 6.96. The molecule has 0 fully saturated rings. The van der Waals surface area contributed by atoms with E-state index in [1.54, 1.807) is 24.5 Å². The van der Waals surface area contributed by atoms with Crippen molar-refractivity contribution in [2.45, 2.75) is 13.8 Å². The van der Waals surface area contributed by atoms with E-state index in [2.05, 4.69) is 10.3 Å². The van der Waals surface area contributed by atoms with Gasteiger partial charge >= 0.3 is 0 Å². The summed E-state index contributed by atoms with van der Waals surface area (Å²) in [7, 11) is 0. The van der Waals surface area contributed by atoms with Gasteiger partial charge in [0.15, 0.2) is 0 Å². The zero-order chi connectivity index (χ0) is 18.8. The molecule has 0 radical (unpaired) electrons. The highest BCUT2D eigenvalue weighted by Crippen LogP contribution is 2.25. The van der Waals surface area contributed by atoms with E-state index in [4.69, 9.17) is 4.42 Å². The van der Waals surface area contributed by atoms with Crippen LogP contribution in [-0.4, -0.2) is 15.3 Å². The van der Waals surface area contributed by atoms with Crippen molar-refractivity contribution in [1.82, 2.24) is 9.38 Å². The first kappa shape index (κ1) is 16.8. The minimum Gasteiger partial charge on any atom is -0.465 e. The van der Waals surface area contributed by atoms with Crippen molar-refractivity contribution >= 4 is 23.3 Å². The van der Waals surface area contributed by atoms with Gasteiger partial charge in [0.2, 0.25) is 5.91 Å². The first-order chi connectivity index (χ1) is 13.1. The number of anilines is 1. The minimum absolute atomic E-state index is 0.211. The zero-order valence-corrected chi connectivity index (χ0v) is 15.1. The highest BCUT2D eigenvalue weighted by molar-refractivity contribution is 6.02. The van der Waals surface area contributed by atoms with Crippen molar-refractivity contribution in [2.75, 3.05) is 5.32 Å². The van der Waals surface area contributed by atoms with E-state index in [-0.39, 0.29) is 5.91 Å². The van der Waals surface area contributed by atoms with Crippen molar-refractivity contribution in [3.8, 4) is 11.3 Å². The fraction of sp³-hybridized carbons (Fsp3) is 0.0909. The van der Waals surface area contributed by atoms with Gasteiger partial charge in [-0.15, -0.1) is 0 Å². The van der Waals surface area contributed by atoms with Crippen LogP contribution in [0, 0.1) is 13.8 Å². The van der Waals surface area contributed by atoms with Crippen LogP contribution in [-0.2, 0) is 4.79 Å². The number of carbonyl (C=O) groups excluding carboxylic acids is 1. The molecule has 1 N–H and O–H groups in total. The summed E-state index contributed by atoms with van der Waals surface area (Å²) in [6.45, 7) is 4.01. The lowest BCUT2D eigenvalue weighted by atomic mass is 10.1. The quantitative estimate of drug-likeness (QED) is 0.531. The van der Waals surface area contributed by atoms with Gasteiger partial charge < -0.3 is 14.1 Å². The molecule has 134 valence electrons. The van der Waals surface area contributed by atoms with Crippen molar-refractivity contribution in [3.05, 3.63) is 84.1 Å². The normalized spacial score (nSPS) is 11.3. The van der Waals surface area contributed by atoms with Crippen LogP contribution in [0.15, 0.2) is 71.6 Å². The van der Waals surface area contributed by atoms with E-state index < -0.39 is 0 Å². The maximum Gasteiger partial charge on any atom is 0.248 e. The molecule has 0 bridgehead atoms. The second-order valence-corrected chi connectivity index (χ2v) is 6.46. The maximum absolute atomic E-state index is 12.2. The highest BCUT2D eigenvalue weighted by Gasteiger charge is 2.08. The Morgan fingerprint density at radius 2 is 2.07 bits per heavy atom. The molecule has 0 aliphatic rings. The molecule has 4 rings (SSSR count). The molecule has 5 nitrogen and oxygen atoms in total. The van der Waals surface area contributed by atoms with Gasteiger partial charge in [-0.3, -0.25) is 4.79 Å². The SMILES string of the molecule is Cc1ccn2cc(-c3ccc(C)c(NC(=O)/C=C/c4ccco4)c3)nc2c1. The monoisotopic (exact) mass is 357 g/mol. The van der Waals surface area contributed by atoms with Gasteiger partial charge in [-0.1, -0.05) is 12.1 Å². The van der Waals surface area contributed by atoms with Gasteiger partial charge in [0.25, 0.3) is 0 Å². The Balaban J connectivity index is 1.59. The van der Waals surface area contributed by atoms with E-state index in [1.807, 2.05) is 61.0 Å². The second-order valence-electron chi connectivity index (χ2n) is 6.46. The molecule has 0 atom stereocenters. The largest absolute Gasteiger partial charge is 0.465 e. The number of nitrogens with zero attached hydrogens (tertiary/aromatic N) is 2. The number of pyridine rings is 1. The van der Waals surface area contributed by atoms with Crippen LogP contribution >= 0.6 is 0 Å². The van der Waals surface area contributed by atoms with Crippen LogP contribution in [0.4, 0.5) is 5.69 Å². The summed E-state index contributed by atoms with van der Waals surface area (Å²) in [5, 5.41) is 2.92. The van der Waals surface area contributed by atoms with Crippen molar-refractivity contribution in [1.29, 1.82) is 0 Å². The van der Waals surface area contributed by atoms with Gasteiger partial charge in [0, 0.05) is 29.7 Å². The van der Waals surface area contributed by atoms with Crippen LogP contribution in [0.5, 0.6) is 0 Å². The van der Waals surface area contributed by atoms with Crippen molar-refractivity contribution in [3.63, 3.8) is 0 Å². The summed E-state index contributed by atoms with van der Waals surface area (Å²) in [6, 6.07) is 13.6. The number of furan rings is 1. The summed E-state index contributed by atoms with van der Waals surface area (Å²) in [5.41, 5.74) is 5.62.